The van der Waals surface area contributed by atoms with E-state index in [0.29, 0.717) is 39.6 Å². The van der Waals surface area contributed by atoms with E-state index in [9.17, 15) is 18.0 Å². The summed E-state index contributed by atoms with van der Waals surface area (Å²) in [6.45, 7) is 5.81. The van der Waals surface area contributed by atoms with E-state index in [0.717, 1.165) is 15.9 Å². The van der Waals surface area contributed by atoms with Crippen LogP contribution in [0.25, 0.3) is 10.8 Å². The number of rotatable bonds is 11. The molecule has 7 nitrogen and oxygen atoms in total. The number of amides is 2. The van der Waals surface area contributed by atoms with Crippen molar-refractivity contribution >= 4 is 61.5 Å². The summed E-state index contributed by atoms with van der Waals surface area (Å²) in [5.74, 6) is -0.588. The van der Waals surface area contributed by atoms with Crippen LogP contribution in [0.4, 0.5) is 5.69 Å². The van der Waals surface area contributed by atoms with Gasteiger partial charge in [-0.15, -0.1) is 0 Å². The number of nitrogens with one attached hydrogen (secondary N) is 1. The minimum Gasteiger partial charge on any atom is -0.354 e. The van der Waals surface area contributed by atoms with Crippen LogP contribution in [-0.4, -0.2) is 50.5 Å². The number of sulfonamides is 1. The molecule has 0 radical (unpaired) electrons. The molecule has 0 saturated heterocycles. The van der Waals surface area contributed by atoms with Gasteiger partial charge in [-0.1, -0.05) is 86.4 Å². The topological polar surface area (TPSA) is 86.8 Å². The summed E-state index contributed by atoms with van der Waals surface area (Å²) >= 11 is 12.3. The fraction of sp³-hybridized carbons (Fsp3) is 0.357. The van der Waals surface area contributed by atoms with Crippen molar-refractivity contribution < 1.29 is 18.0 Å². The van der Waals surface area contributed by atoms with Crippen molar-refractivity contribution in [2.45, 2.75) is 39.8 Å². The van der Waals surface area contributed by atoms with Gasteiger partial charge in [-0.2, -0.15) is 0 Å². The summed E-state index contributed by atoms with van der Waals surface area (Å²) in [5.41, 5.74) is 1.06. The molecule has 0 aliphatic heterocycles. The molecule has 3 rings (SSSR count). The second kappa shape index (κ2) is 12.8. The Hall–Kier alpha value is -2.81. The average molecular weight is 579 g/mol. The first kappa shape index (κ1) is 29.7. The number of nitrogens with zero attached hydrogens (tertiary/aromatic N) is 2. The van der Waals surface area contributed by atoms with Gasteiger partial charge in [-0.25, -0.2) is 8.42 Å². The Morgan fingerprint density at radius 2 is 1.66 bits per heavy atom. The van der Waals surface area contributed by atoms with E-state index in [1.54, 1.807) is 30.3 Å². The molecule has 1 unspecified atom stereocenters. The first-order valence-corrected chi connectivity index (χ1v) is 15.0. The molecule has 0 fully saturated rings. The molecular weight excluding hydrogens is 545 g/mol. The lowest BCUT2D eigenvalue weighted by atomic mass is 10.1. The third kappa shape index (κ3) is 7.40. The number of hydrogen-bond acceptors (Lipinski definition) is 4. The van der Waals surface area contributed by atoms with E-state index in [-0.39, 0.29) is 18.4 Å². The molecule has 3 aromatic carbocycles. The molecule has 1 N–H and O–H groups in total. The number of hydrogen-bond donors (Lipinski definition) is 1. The quantitative estimate of drug-likeness (QED) is 0.326. The zero-order chi connectivity index (χ0) is 28.0. The number of anilines is 1. The molecule has 10 heteroatoms. The van der Waals surface area contributed by atoms with Crippen LogP contribution in [0, 0.1) is 5.92 Å². The smallest absolute Gasteiger partial charge is 0.244 e. The van der Waals surface area contributed by atoms with E-state index >= 15 is 0 Å². The van der Waals surface area contributed by atoms with Gasteiger partial charge in [0.05, 0.1) is 22.0 Å². The summed E-state index contributed by atoms with van der Waals surface area (Å²) in [7, 11) is -3.85. The lowest BCUT2D eigenvalue weighted by Crippen LogP contribution is -2.52. The molecule has 38 heavy (non-hydrogen) atoms. The Labute approximate surface area is 234 Å². The van der Waals surface area contributed by atoms with Gasteiger partial charge in [0.2, 0.25) is 21.8 Å². The Morgan fingerprint density at radius 1 is 0.974 bits per heavy atom. The normalized spacial score (nSPS) is 12.4. The minimum absolute atomic E-state index is 0.0521. The van der Waals surface area contributed by atoms with Gasteiger partial charge >= 0.3 is 0 Å². The summed E-state index contributed by atoms with van der Waals surface area (Å²) in [6.07, 6.45) is 1.40. The Bertz CT molecular complexity index is 1410. The fourth-order valence-corrected chi connectivity index (χ4v) is 5.38. The van der Waals surface area contributed by atoms with E-state index in [4.69, 9.17) is 23.2 Å². The highest BCUT2D eigenvalue weighted by Gasteiger charge is 2.32. The van der Waals surface area contributed by atoms with Crippen molar-refractivity contribution in [3.8, 4) is 0 Å². The standard InChI is InChI=1S/C28H33Cl2N3O4S/c1-5-25(28(35)31-16-19(2)3)32(17-20-13-14-23(29)24(30)15-20)27(34)18-33(38(4,36)37)26-12-8-10-21-9-6-7-11-22(21)26/h6-15,19,25H,5,16-18H2,1-4H3,(H,31,35). The molecule has 2 amide bonds. The second-order valence-corrected chi connectivity index (χ2v) is 12.3. The maximum absolute atomic E-state index is 13.9. The van der Waals surface area contributed by atoms with Crippen molar-refractivity contribution in [2.24, 2.45) is 5.92 Å². The highest BCUT2D eigenvalue weighted by atomic mass is 35.5. The monoisotopic (exact) mass is 577 g/mol. The van der Waals surface area contributed by atoms with Gasteiger partial charge in [-0.3, -0.25) is 13.9 Å². The van der Waals surface area contributed by atoms with Crippen LogP contribution in [0.2, 0.25) is 10.0 Å². The third-order valence-electron chi connectivity index (χ3n) is 6.12. The SMILES string of the molecule is CCC(C(=O)NCC(C)C)N(Cc1ccc(Cl)c(Cl)c1)C(=O)CN(c1cccc2ccccc12)S(C)(=O)=O. The summed E-state index contributed by atoms with van der Waals surface area (Å²) < 4.78 is 27.0. The van der Waals surface area contributed by atoms with Gasteiger partial charge in [0.25, 0.3) is 0 Å². The van der Waals surface area contributed by atoms with E-state index in [2.05, 4.69) is 5.32 Å². The molecule has 0 bridgehead atoms. The maximum Gasteiger partial charge on any atom is 0.244 e. The molecule has 0 aromatic heterocycles. The first-order chi connectivity index (χ1) is 17.9. The Balaban J connectivity index is 2.02. The van der Waals surface area contributed by atoms with Gasteiger partial charge in [0, 0.05) is 18.5 Å². The van der Waals surface area contributed by atoms with Crippen molar-refractivity contribution in [1.82, 2.24) is 10.2 Å². The maximum atomic E-state index is 13.9. The zero-order valence-corrected chi connectivity index (χ0v) is 24.3. The number of fused-ring (bicyclic) bond motifs is 1. The average Bonchev–Trinajstić information content (AvgIpc) is 2.87. The highest BCUT2D eigenvalue weighted by molar-refractivity contribution is 7.92. The predicted molar refractivity (Wildman–Crippen MR) is 155 cm³/mol. The van der Waals surface area contributed by atoms with Crippen molar-refractivity contribution in [1.29, 1.82) is 0 Å². The van der Waals surface area contributed by atoms with E-state index < -0.39 is 28.5 Å². The molecule has 0 saturated carbocycles. The summed E-state index contributed by atoms with van der Waals surface area (Å²) in [4.78, 5) is 28.5. The predicted octanol–water partition coefficient (Wildman–Crippen LogP) is 5.49. The van der Waals surface area contributed by atoms with Gasteiger partial charge in [0.1, 0.15) is 12.6 Å². The third-order valence-corrected chi connectivity index (χ3v) is 7.99. The molecule has 0 aliphatic rings. The van der Waals surface area contributed by atoms with Gasteiger partial charge < -0.3 is 10.2 Å². The van der Waals surface area contributed by atoms with Crippen LogP contribution in [0.1, 0.15) is 32.8 Å². The number of carbonyl (C=O) groups excluding carboxylic acids is 2. The fourth-order valence-electron chi connectivity index (χ4n) is 4.20. The molecule has 204 valence electrons. The first-order valence-electron chi connectivity index (χ1n) is 12.4. The molecule has 0 heterocycles. The van der Waals surface area contributed by atoms with Crippen molar-refractivity contribution in [3.63, 3.8) is 0 Å². The van der Waals surface area contributed by atoms with Crippen LogP contribution in [0.15, 0.2) is 60.7 Å². The van der Waals surface area contributed by atoms with Crippen molar-refractivity contribution in [3.05, 3.63) is 76.3 Å². The van der Waals surface area contributed by atoms with Crippen LogP contribution in [0.3, 0.4) is 0 Å². The van der Waals surface area contributed by atoms with E-state index in [1.165, 1.54) is 4.90 Å². The molecule has 1 atom stereocenters. The van der Waals surface area contributed by atoms with Crippen LogP contribution in [0.5, 0.6) is 0 Å². The lowest BCUT2D eigenvalue weighted by molar-refractivity contribution is -0.140. The van der Waals surface area contributed by atoms with Gasteiger partial charge in [0.15, 0.2) is 0 Å². The summed E-state index contributed by atoms with van der Waals surface area (Å²) in [5, 5.41) is 5.14. The number of carbonyl (C=O) groups is 2. The number of benzene rings is 3. The lowest BCUT2D eigenvalue weighted by Gasteiger charge is -2.33. The molecule has 3 aromatic rings. The molecular formula is C28H33Cl2N3O4S. The largest absolute Gasteiger partial charge is 0.354 e. The van der Waals surface area contributed by atoms with E-state index in [1.807, 2.05) is 51.1 Å². The molecule has 0 aliphatic carbocycles. The second-order valence-electron chi connectivity index (χ2n) is 9.60. The number of halogens is 2. The zero-order valence-electron chi connectivity index (χ0n) is 21.9. The highest BCUT2D eigenvalue weighted by Crippen LogP contribution is 2.29. The Morgan fingerprint density at radius 3 is 2.29 bits per heavy atom. The molecule has 0 spiro atoms. The van der Waals surface area contributed by atoms with Crippen LogP contribution >= 0.6 is 23.2 Å². The van der Waals surface area contributed by atoms with Crippen molar-refractivity contribution in [2.75, 3.05) is 23.7 Å². The van der Waals surface area contributed by atoms with Crippen LogP contribution in [-0.2, 0) is 26.2 Å². The Kier molecular flexibility index (Phi) is 10.0. The van der Waals surface area contributed by atoms with Gasteiger partial charge in [-0.05, 0) is 41.5 Å². The van der Waals surface area contributed by atoms with Crippen LogP contribution < -0.4 is 9.62 Å². The minimum atomic E-state index is -3.85. The summed E-state index contributed by atoms with van der Waals surface area (Å²) in [6, 6.07) is 16.9.